The average Bonchev–Trinajstić information content (AvgIpc) is 2.49. The monoisotopic (exact) mass is 362 g/mol. The highest BCUT2D eigenvalue weighted by Crippen LogP contribution is 2.23. The minimum absolute atomic E-state index is 0.225. The molecular formula is C14H8BrClN4O. The number of para-hydroxylation sites is 1. The van der Waals surface area contributed by atoms with Gasteiger partial charge in [0.05, 0.1) is 22.9 Å². The van der Waals surface area contributed by atoms with Crippen molar-refractivity contribution in [2.24, 2.45) is 0 Å². The van der Waals surface area contributed by atoms with Gasteiger partial charge in [0, 0.05) is 5.39 Å². The highest BCUT2D eigenvalue weighted by Gasteiger charge is 2.12. The summed E-state index contributed by atoms with van der Waals surface area (Å²) in [5, 5.41) is 3.91. The molecule has 0 saturated carbocycles. The van der Waals surface area contributed by atoms with Crippen LogP contribution in [0.2, 0.25) is 5.02 Å². The van der Waals surface area contributed by atoms with Crippen molar-refractivity contribution in [3.05, 3.63) is 58.0 Å². The van der Waals surface area contributed by atoms with E-state index in [1.165, 1.54) is 18.5 Å². The third kappa shape index (κ3) is 3.01. The molecule has 1 amide bonds. The van der Waals surface area contributed by atoms with Crippen LogP contribution in [0, 0.1) is 0 Å². The number of amides is 1. The molecule has 7 heteroatoms. The van der Waals surface area contributed by atoms with E-state index in [0.717, 1.165) is 5.39 Å². The van der Waals surface area contributed by atoms with Crippen LogP contribution in [0.4, 0.5) is 5.82 Å². The van der Waals surface area contributed by atoms with Gasteiger partial charge < -0.3 is 5.32 Å². The zero-order valence-corrected chi connectivity index (χ0v) is 12.9. The number of nitrogens with one attached hydrogen (secondary N) is 1. The van der Waals surface area contributed by atoms with Crippen molar-refractivity contribution < 1.29 is 4.79 Å². The lowest BCUT2D eigenvalue weighted by Crippen LogP contribution is -2.14. The van der Waals surface area contributed by atoms with Crippen molar-refractivity contribution in [2.45, 2.75) is 0 Å². The summed E-state index contributed by atoms with van der Waals surface area (Å²) in [7, 11) is 0. The second kappa shape index (κ2) is 5.75. The predicted molar refractivity (Wildman–Crippen MR) is 84.4 cm³/mol. The van der Waals surface area contributed by atoms with E-state index >= 15 is 0 Å². The Morgan fingerprint density at radius 1 is 1.19 bits per heavy atom. The number of benzene rings is 1. The number of anilines is 1. The van der Waals surface area contributed by atoms with Crippen LogP contribution in [0.5, 0.6) is 0 Å². The minimum Gasteiger partial charge on any atom is -0.304 e. The second-order valence-electron chi connectivity index (χ2n) is 4.18. The standard InChI is InChI=1S/C14H8BrClN4O/c15-12-6-18-13(7-17-12)20-14(21)11-5-9(16)8-3-1-2-4-10(8)19-11/h1-7H,(H,18,20,21). The van der Waals surface area contributed by atoms with Crippen molar-refractivity contribution in [3.63, 3.8) is 0 Å². The maximum atomic E-state index is 12.2. The summed E-state index contributed by atoms with van der Waals surface area (Å²) in [5.74, 6) is -0.0476. The van der Waals surface area contributed by atoms with E-state index in [1.807, 2.05) is 18.2 Å². The molecule has 0 aliphatic rings. The first-order chi connectivity index (χ1) is 10.1. The molecule has 1 aromatic carbocycles. The van der Waals surface area contributed by atoms with Gasteiger partial charge in [-0.25, -0.2) is 15.0 Å². The van der Waals surface area contributed by atoms with Gasteiger partial charge in [0.1, 0.15) is 10.3 Å². The molecule has 0 unspecified atom stereocenters. The first-order valence-electron chi connectivity index (χ1n) is 5.97. The number of nitrogens with zero attached hydrogens (tertiary/aromatic N) is 3. The number of fused-ring (bicyclic) bond motifs is 1. The maximum Gasteiger partial charge on any atom is 0.275 e. The third-order valence-electron chi connectivity index (χ3n) is 2.76. The largest absolute Gasteiger partial charge is 0.304 e. The van der Waals surface area contributed by atoms with Crippen molar-refractivity contribution in [1.29, 1.82) is 0 Å². The maximum absolute atomic E-state index is 12.2. The molecule has 104 valence electrons. The summed E-state index contributed by atoms with van der Waals surface area (Å²) in [6, 6.07) is 8.90. The van der Waals surface area contributed by atoms with Crippen molar-refractivity contribution in [3.8, 4) is 0 Å². The van der Waals surface area contributed by atoms with E-state index in [1.54, 1.807) is 6.07 Å². The molecule has 0 aliphatic heterocycles. The molecule has 21 heavy (non-hydrogen) atoms. The van der Waals surface area contributed by atoms with E-state index in [0.29, 0.717) is 21.0 Å². The normalized spacial score (nSPS) is 10.6. The number of aromatic nitrogens is 3. The van der Waals surface area contributed by atoms with E-state index in [2.05, 4.69) is 36.2 Å². The predicted octanol–water partition coefficient (Wildman–Crippen LogP) is 3.69. The van der Waals surface area contributed by atoms with E-state index in [9.17, 15) is 4.79 Å². The summed E-state index contributed by atoms with van der Waals surface area (Å²) >= 11 is 9.35. The second-order valence-corrected chi connectivity index (χ2v) is 5.40. The van der Waals surface area contributed by atoms with Gasteiger partial charge in [0.2, 0.25) is 0 Å². The molecule has 0 fully saturated rings. The molecule has 1 N–H and O–H groups in total. The fourth-order valence-electron chi connectivity index (χ4n) is 1.81. The van der Waals surface area contributed by atoms with Crippen LogP contribution in [-0.4, -0.2) is 20.9 Å². The van der Waals surface area contributed by atoms with Gasteiger partial charge in [-0.1, -0.05) is 29.8 Å². The van der Waals surface area contributed by atoms with Crippen molar-refractivity contribution in [2.75, 3.05) is 5.32 Å². The molecule has 0 spiro atoms. The lowest BCUT2D eigenvalue weighted by Gasteiger charge is -2.06. The molecule has 0 atom stereocenters. The number of pyridine rings is 1. The van der Waals surface area contributed by atoms with Crippen LogP contribution in [-0.2, 0) is 0 Å². The molecule has 3 rings (SSSR count). The average molecular weight is 364 g/mol. The summed E-state index contributed by atoms with van der Waals surface area (Å²) in [6.45, 7) is 0. The SMILES string of the molecule is O=C(Nc1cnc(Br)cn1)c1cc(Cl)c2ccccc2n1. The van der Waals surface area contributed by atoms with Gasteiger partial charge in [-0.15, -0.1) is 0 Å². The van der Waals surface area contributed by atoms with Crippen LogP contribution < -0.4 is 5.32 Å². The summed E-state index contributed by atoms with van der Waals surface area (Å²) in [5.41, 5.74) is 0.889. The molecule has 0 saturated heterocycles. The Balaban J connectivity index is 1.92. The van der Waals surface area contributed by atoms with E-state index < -0.39 is 0 Å². The molecule has 3 aromatic rings. The zero-order valence-electron chi connectivity index (χ0n) is 10.5. The van der Waals surface area contributed by atoms with Crippen LogP contribution in [0.15, 0.2) is 47.3 Å². The molecule has 0 bridgehead atoms. The Labute approximate surface area is 133 Å². The summed E-state index contributed by atoms with van der Waals surface area (Å²) in [6.07, 6.45) is 2.95. The fourth-order valence-corrected chi connectivity index (χ4v) is 2.27. The van der Waals surface area contributed by atoms with Gasteiger partial charge in [0.25, 0.3) is 5.91 Å². The lowest BCUT2D eigenvalue weighted by molar-refractivity contribution is 0.102. The van der Waals surface area contributed by atoms with Crippen LogP contribution in [0.25, 0.3) is 10.9 Å². The number of halogens is 2. The van der Waals surface area contributed by atoms with Crippen molar-refractivity contribution in [1.82, 2.24) is 15.0 Å². The number of rotatable bonds is 2. The molecule has 0 aliphatic carbocycles. The first kappa shape index (κ1) is 13.9. The van der Waals surface area contributed by atoms with Gasteiger partial charge >= 0.3 is 0 Å². The highest BCUT2D eigenvalue weighted by atomic mass is 79.9. The number of carbonyl (C=O) groups excluding carboxylic acids is 1. The topological polar surface area (TPSA) is 67.8 Å². The Kier molecular flexibility index (Phi) is 3.81. The van der Waals surface area contributed by atoms with Crippen LogP contribution >= 0.6 is 27.5 Å². The van der Waals surface area contributed by atoms with Gasteiger partial charge in [-0.3, -0.25) is 4.79 Å². The quantitative estimate of drug-likeness (QED) is 0.754. The first-order valence-corrected chi connectivity index (χ1v) is 7.15. The molecule has 2 aromatic heterocycles. The van der Waals surface area contributed by atoms with Crippen LogP contribution in [0.1, 0.15) is 10.5 Å². The van der Waals surface area contributed by atoms with Gasteiger partial charge in [-0.2, -0.15) is 0 Å². The van der Waals surface area contributed by atoms with Gasteiger partial charge in [0.15, 0.2) is 5.82 Å². The van der Waals surface area contributed by atoms with E-state index in [-0.39, 0.29) is 11.6 Å². The number of carbonyl (C=O) groups is 1. The van der Waals surface area contributed by atoms with Gasteiger partial charge in [-0.05, 0) is 28.1 Å². The molecular weight excluding hydrogens is 356 g/mol. The lowest BCUT2D eigenvalue weighted by atomic mass is 10.2. The molecule has 0 radical (unpaired) electrons. The minimum atomic E-state index is -0.390. The summed E-state index contributed by atoms with van der Waals surface area (Å²) in [4.78, 5) is 24.5. The Morgan fingerprint density at radius 3 is 2.76 bits per heavy atom. The number of hydrogen-bond donors (Lipinski definition) is 1. The molecule has 5 nitrogen and oxygen atoms in total. The Hall–Kier alpha value is -2.05. The Morgan fingerprint density at radius 2 is 2.00 bits per heavy atom. The fraction of sp³-hybridized carbons (Fsp3) is 0. The zero-order chi connectivity index (χ0) is 14.8. The smallest absolute Gasteiger partial charge is 0.275 e. The van der Waals surface area contributed by atoms with E-state index in [4.69, 9.17) is 11.6 Å². The molecule has 2 heterocycles. The highest BCUT2D eigenvalue weighted by molar-refractivity contribution is 9.10. The summed E-state index contributed by atoms with van der Waals surface area (Å²) < 4.78 is 0.590. The van der Waals surface area contributed by atoms with Crippen LogP contribution in [0.3, 0.4) is 0 Å². The number of hydrogen-bond acceptors (Lipinski definition) is 4. The third-order valence-corrected chi connectivity index (χ3v) is 3.48. The van der Waals surface area contributed by atoms with Crippen molar-refractivity contribution >= 4 is 50.2 Å². The Bertz CT molecular complexity index is 823.